The van der Waals surface area contributed by atoms with Gasteiger partial charge in [0, 0.05) is 36.4 Å². The Hall–Kier alpha value is -2.08. The van der Waals surface area contributed by atoms with Crippen molar-refractivity contribution >= 4 is 17.6 Å². The van der Waals surface area contributed by atoms with Gasteiger partial charge in [0.15, 0.2) is 0 Å². The minimum Gasteiger partial charge on any atom is -0.339 e. The lowest BCUT2D eigenvalue weighted by Crippen LogP contribution is -2.45. The summed E-state index contributed by atoms with van der Waals surface area (Å²) >= 11 is 0. The number of amides is 3. The molecule has 3 rings (SSSR count). The fourth-order valence-electron chi connectivity index (χ4n) is 3.25. The molecule has 3 N–H and O–H groups in total. The Morgan fingerprint density at radius 2 is 1.73 bits per heavy atom. The molecule has 1 heterocycles. The molecule has 1 saturated carbocycles. The van der Waals surface area contributed by atoms with Gasteiger partial charge >= 0.3 is 6.03 Å². The number of urea groups is 1. The van der Waals surface area contributed by atoms with E-state index in [1.165, 1.54) is 12.8 Å². The molecular weight excluding hydrogens is 328 g/mol. The van der Waals surface area contributed by atoms with E-state index >= 15 is 0 Å². The van der Waals surface area contributed by atoms with E-state index in [-0.39, 0.29) is 18.0 Å². The molecule has 2 aliphatic rings. The number of rotatable bonds is 6. The number of hydrogen-bond donors (Lipinski definition) is 3. The molecule has 2 fully saturated rings. The average Bonchev–Trinajstić information content (AvgIpc) is 3.44. The number of benzene rings is 1. The second-order valence-corrected chi connectivity index (χ2v) is 7.75. The van der Waals surface area contributed by atoms with Crippen LogP contribution in [0.25, 0.3) is 0 Å². The molecule has 0 radical (unpaired) electrons. The van der Waals surface area contributed by atoms with Crippen LogP contribution in [-0.2, 0) is 0 Å². The van der Waals surface area contributed by atoms with Gasteiger partial charge in [-0.1, -0.05) is 0 Å². The molecule has 3 amide bonds. The predicted molar refractivity (Wildman–Crippen MR) is 103 cm³/mol. The third kappa shape index (κ3) is 5.46. The van der Waals surface area contributed by atoms with E-state index in [2.05, 4.69) is 16.0 Å². The van der Waals surface area contributed by atoms with Crippen molar-refractivity contribution in [3.05, 3.63) is 29.8 Å². The number of hydrogen-bond acceptors (Lipinski definition) is 3. The van der Waals surface area contributed by atoms with E-state index in [1.807, 2.05) is 18.7 Å². The van der Waals surface area contributed by atoms with E-state index < -0.39 is 0 Å². The summed E-state index contributed by atoms with van der Waals surface area (Å²) in [6, 6.07) is 7.51. The highest BCUT2D eigenvalue weighted by Crippen LogP contribution is 2.28. The summed E-state index contributed by atoms with van der Waals surface area (Å²) < 4.78 is 0. The van der Waals surface area contributed by atoms with Crippen molar-refractivity contribution in [2.75, 3.05) is 25.0 Å². The van der Waals surface area contributed by atoms with Crippen LogP contribution in [0.4, 0.5) is 10.5 Å². The van der Waals surface area contributed by atoms with Crippen LogP contribution < -0.4 is 16.0 Å². The van der Waals surface area contributed by atoms with Crippen molar-refractivity contribution in [3.63, 3.8) is 0 Å². The van der Waals surface area contributed by atoms with Gasteiger partial charge in [-0.15, -0.1) is 0 Å². The van der Waals surface area contributed by atoms with Crippen LogP contribution >= 0.6 is 0 Å². The second-order valence-electron chi connectivity index (χ2n) is 7.75. The summed E-state index contributed by atoms with van der Waals surface area (Å²) in [5.41, 5.74) is 1.35. The highest BCUT2D eigenvalue weighted by molar-refractivity contribution is 5.95. The molecule has 1 aliphatic carbocycles. The lowest BCUT2D eigenvalue weighted by atomic mass is 10.0. The predicted octanol–water partition coefficient (Wildman–Crippen LogP) is 2.82. The molecule has 0 atom stereocenters. The molecule has 0 aromatic heterocycles. The molecule has 1 aliphatic heterocycles. The standard InChI is InChI=1S/C20H30N4O2/c1-14(2)22-20(26)23-18-7-5-16(6-8-18)19(25)24-11-9-17(10-12-24)21-13-15-3-4-15/h5-8,14-15,17,21H,3-4,9-13H2,1-2H3,(H2,22,23,26). The minimum absolute atomic E-state index is 0.0730. The molecule has 0 bridgehead atoms. The summed E-state index contributed by atoms with van der Waals surface area (Å²) in [7, 11) is 0. The fraction of sp³-hybridized carbons (Fsp3) is 0.600. The first-order chi connectivity index (χ1) is 12.5. The third-order valence-electron chi connectivity index (χ3n) is 4.98. The van der Waals surface area contributed by atoms with Gasteiger partial charge in [-0.05, 0) is 76.3 Å². The molecule has 6 heteroatoms. The summed E-state index contributed by atoms with van der Waals surface area (Å²) in [5.74, 6) is 0.966. The van der Waals surface area contributed by atoms with Gasteiger partial charge in [0.05, 0.1) is 0 Å². The summed E-state index contributed by atoms with van der Waals surface area (Å²) in [5, 5.41) is 9.18. The Labute approximate surface area is 155 Å². The zero-order chi connectivity index (χ0) is 18.5. The van der Waals surface area contributed by atoms with Crippen LogP contribution in [0.5, 0.6) is 0 Å². The van der Waals surface area contributed by atoms with E-state index in [4.69, 9.17) is 0 Å². The SMILES string of the molecule is CC(C)NC(=O)Nc1ccc(C(=O)N2CCC(NCC3CC3)CC2)cc1. The number of anilines is 1. The van der Waals surface area contributed by atoms with Crippen LogP contribution in [0, 0.1) is 5.92 Å². The number of likely N-dealkylation sites (tertiary alicyclic amines) is 1. The van der Waals surface area contributed by atoms with Crippen LogP contribution in [0.2, 0.25) is 0 Å². The maximum Gasteiger partial charge on any atom is 0.319 e. The van der Waals surface area contributed by atoms with Gasteiger partial charge in [0.2, 0.25) is 0 Å². The van der Waals surface area contributed by atoms with Gasteiger partial charge in [-0.2, -0.15) is 0 Å². The summed E-state index contributed by atoms with van der Waals surface area (Å²) in [4.78, 5) is 26.3. The van der Waals surface area contributed by atoms with Gasteiger partial charge in [-0.25, -0.2) is 4.79 Å². The van der Waals surface area contributed by atoms with Gasteiger partial charge in [0.25, 0.3) is 5.91 Å². The Balaban J connectivity index is 1.46. The third-order valence-corrected chi connectivity index (χ3v) is 4.98. The van der Waals surface area contributed by atoms with Crippen LogP contribution in [0.15, 0.2) is 24.3 Å². The number of nitrogens with zero attached hydrogens (tertiary/aromatic N) is 1. The Bertz CT molecular complexity index is 617. The second kappa shape index (κ2) is 8.54. The molecule has 0 spiro atoms. The van der Waals surface area contributed by atoms with E-state index in [9.17, 15) is 9.59 Å². The molecular formula is C20H30N4O2. The zero-order valence-corrected chi connectivity index (χ0v) is 15.8. The van der Waals surface area contributed by atoms with Gasteiger partial charge in [0.1, 0.15) is 0 Å². The topological polar surface area (TPSA) is 73.5 Å². The van der Waals surface area contributed by atoms with Crippen molar-refractivity contribution in [1.82, 2.24) is 15.5 Å². The van der Waals surface area contributed by atoms with Crippen molar-refractivity contribution in [3.8, 4) is 0 Å². The fourth-order valence-corrected chi connectivity index (χ4v) is 3.25. The summed E-state index contributed by atoms with van der Waals surface area (Å²) in [6.45, 7) is 6.56. The van der Waals surface area contributed by atoms with Gasteiger partial charge in [-0.3, -0.25) is 4.79 Å². The van der Waals surface area contributed by atoms with Crippen molar-refractivity contribution in [1.29, 1.82) is 0 Å². The highest BCUT2D eigenvalue weighted by Gasteiger charge is 2.26. The zero-order valence-electron chi connectivity index (χ0n) is 15.8. The smallest absolute Gasteiger partial charge is 0.319 e. The molecule has 0 unspecified atom stereocenters. The largest absolute Gasteiger partial charge is 0.339 e. The Morgan fingerprint density at radius 1 is 1.08 bits per heavy atom. The van der Waals surface area contributed by atoms with Crippen LogP contribution in [0.3, 0.4) is 0 Å². The van der Waals surface area contributed by atoms with Crippen molar-refractivity contribution < 1.29 is 9.59 Å². The number of carbonyl (C=O) groups is 2. The molecule has 1 saturated heterocycles. The highest BCUT2D eigenvalue weighted by atomic mass is 16.2. The van der Waals surface area contributed by atoms with Crippen LogP contribution in [-0.4, -0.2) is 48.6 Å². The first kappa shape index (κ1) is 18.7. The first-order valence-electron chi connectivity index (χ1n) is 9.71. The van der Waals surface area contributed by atoms with Gasteiger partial charge < -0.3 is 20.9 Å². The molecule has 142 valence electrons. The van der Waals surface area contributed by atoms with E-state index in [0.29, 0.717) is 17.3 Å². The van der Waals surface area contributed by atoms with E-state index in [1.54, 1.807) is 24.3 Å². The number of piperidine rings is 1. The molecule has 1 aromatic carbocycles. The van der Waals surface area contributed by atoms with Crippen molar-refractivity contribution in [2.24, 2.45) is 5.92 Å². The van der Waals surface area contributed by atoms with E-state index in [0.717, 1.165) is 38.4 Å². The Kier molecular flexibility index (Phi) is 6.14. The lowest BCUT2D eigenvalue weighted by molar-refractivity contribution is 0.0705. The average molecular weight is 358 g/mol. The minimum atomic E-state index is -0.236. The quantitative estimate of drug-likeness (QED) is 0.732. The number of nitrogens with one attached hydrogen (secondary N) is 3. The summed E-state index contributed by atoms with van der Waals surface area (Å²) in [6.07, 6.45) is 4.78. The lowest BCUT2D eigenvalue weighted by Gasteiger charge is -2.32. The Morgan fingerprint density at radius 3 is 2.31 bits per heavy atom. The molecule has 26 heavy (non-hydrogen) atoms. The molecule has 6 nitrogen and oxygen atoms in total. The monoisotopic (exact) mass is 358 g/mol. The maximum absolute atomic E-state index is 12.7. The van der Waals surface area contributed by atoms with Crippen LogP contribution in [0.1, 0.15) is 49.9 Å². The number of carbonyl (C=O) groups excluding carboxylic acids is 2. The van der Waals surface area contributed by atoms with Crippen molar-refractivity contribution in [2.45, 2.75) is 51.6 Å². The molecule has 1 aromatic rings. The normalized spacial score (nSPS) is 18.0. The first-order valence-corrected chi connectivity index (χ1v) is 9.71. The maximum atomic E-state index is 12.7.